The normalized spacial score (nSPS) is 13.9. The van der Waals surface area contributed by atoms with Crippen molar-refractivity contribution in [3.8, 4) is 46.1 Å². The summed E-state index contributed by atoms with van der Waals surface area (Å²) >= 11 is 0. The molecule has 5 aromatic rings. The first-order valence-electron chi connectivity index (χ1n) is 10.9. The molecule has 5 aromatic heterocycles. The number of tetrazole rings is 4. The minimum absolute atomic E-state index is 0. The van der Waals surface area contributed by atoms with Crippen LogP contribution >= 0.6 is 0 Å². The number of aromatic nitrogens is 18. The number of nitrogens with zero attached hydrogens (tertiary/aromatic N) is 14. The van der Waals surface area contributed by atoms with Gasteiger partial charge in [0.2, 0.25) is 23.3 Å². The van der Waals surface area contributed by atoms with Crippen LogP contribution in [-0.4, -0.2) is 130 Å². The molecule has 2 fully saturated rings. The molecule has 0 aliphatic carbocycles. The fraction of sp³-hybridized carbons (Fsp3) is 0.500. The summed E-state index contributed by atoms with van der Waals surface area (Å²) in [5, 5.41) is 54.9. The van der Waals surface area contributed by atoms with Crippen LogP contribution in [0.15, 0.2) is 0 Å². The van der Waals surface area contributed by atoms with E-state index in [9.17, 15) is 0 Å². The van der Waals surface area contributed by atoms with Gasteiger partial charge in [0.25, 0.3) is 0 Å². The van der Waals surface area contributed by atoms with Crippen molar-refractivity contribution in [3.05, 3.63) is 0 Å². The molecule has 2 aliphatic heterocycles. The van der Waals surface area contributed by atoms with Gasteiger partial charge < -0.3 is 20.4 Å². The van der Waals surface area contributed by atoms with Gasteiger partial charge in [0.05, 0.1) is 0 Å². The lowest BCUT2D eigenvalue weighted by Gasteiger charge is -2.06. The van der Waals surface area contributed by atoms with Crippen molar-refractivity contribution in [3.63, 3.8) is 0 Å². The summed E-state index contributed by atoms with van der Waals surface area (Å²) in [4.78, 5) is 8.99. The maximum atomic E-state index is 4.94. The van der Waals surface area contributed by atoms with E-state index in [1.807, 2.05) is 0 Å². The van der Waals surface area contributed by atoms with Gasteiger partial charge >= 0.3 is 0 Å². The van der Waals surface area contributed by atoms with Crippen LogP contribution in [0.5, 0.6) is 0 Å². The molecular formula is C16H24N18O4. The van der Waals surface area contributed by atoms with E-state index < -0.39 is 0 Å². The van der Waals surface area contributed by atoms with Crippen molar-refractivity contribution < 1.29 is 20.4 Å². The number of nitrogens with one attached hydrogen (secondary N) is 4. The molecule has 0 spiro atoms. The highest BCUT2D eigenvalue weighted by Gasteiger charge is 2.26. The van der Waals surface area contributed by atoms with Gasteiger partial charge in [-0.05, 0) is 46.5 Å². The molecule has 0 atom stereocenters. The first-order valence-corrected chi connectivity index (χ1v) is 10.9. The van der Waals surface area contributed by atoms with Crippen molar-refractivity contribution in [1.29, 1.82) is 0 Å². The second-order valence-electron chi connectivity index (χ2n) is 7.20. The number of hydrogen-bond acceptors (Lipinski definition) is 16. The van der Waals surface area contributed by atoms with Crippen molar-refractivity contribution in [1.82, 2.24) is 92.5 Å². The standard InChI is InChI=1S/C8H4N18.2C4H8O.2H2O/c9-1(5-11-19-20-12-5)2(6-13-21-22-14-6)10-4(8-17-25-26-18-8)3(9)7-15-23-24-16-7;2*1-2-4-5-3-1;;/h(H,11,12,19,20)(H,13,14,21,22)(H,15,16,23,24)(H,17,18,25,26);2*1-4H2;2*1H2. The largest absolute Gasteiger partial charge is 0.412 e. The van der Waals surface area contributed by atoms with E-state index in [-0.39, 0.29) is 57.0 Å². The number of ether oxygens (including phenoxy) is 2. The Balaban J connectivity index is 0.000000280. The third-order valence-electron chi connectivity index (χ3n) is 4.78. The smallest absolute Gasteiger partial charge is 0.225 e. The molecular weight excluding hydrogens is 508 g/mol. The van der Waals surface area contributed by atoms with Gasteiger partial charge in [-0.1, -0.05) is 0 Å². The Morgan fingerprint density at radius 3 is 0.842 bits per heavy atom. The van der Waals surface area contributed by atoms with E-state index in [0.717, 1.165) is 26.4 Å². The average Bonchev–Trinajstić information content (AvgIpc) is 3.81. The number of rotatable bonds is 4. The van der Waals surface area contributed by atoms with E-state index >= 15 is 0 Å². The average molecular weight is 532 g/mol. The predicted molar refractivity (Wildman–Crippen MR) is 122 cm³/mol. The van der Waals surface area contributed by atoms with Crippen LogP contribution in [0.4, 0.5) is 0 Å². The Kier molecular flexibility index (Phi) is 10.3. The third-order valence-corrected chi connectivity index (χ3v) is 4.78. The molecule has 7 heterocycles. The number of aromatic amines is 4. The van der Waals surface area contributed by atoms with Crippen LogP contribution in [0, 0.1) is 0 Å². The molecule has 7 rings (SSSR count). The van der Waals surface area contributed by atoms with Gasteiger partial charge in [-0.3, -0.25) is 0 Å². The lowest BCUT2D eigenvalue weighted by atomic mass is 10.2. The first kappa shape index (κ1) is 27.8. The van der Waals surface area contributed by atoms with Gasteiger partial charge in [0.15, 0.2) is 0 Å². The maximum Gasteiger partial charge on any atom is 0.225 e. The van der Waals surface area contributed by atoms with Crippen LogP contribution in [-0.2, 0) is 9.47 Å². The number of hydrogen-bond donors (Lipinski definition) is 4. The van der Waals surface area contributed by atoms with Crippen LogP contribution < -0.4 is 0 Å². The highest BCUT2D eigenvalue weighted by Crippen LogP contribution is 2.31. The Hall–Kier alpha value is -4.80. The summed E-state index contributed by atoms with van der Waals surface area (Å²) in [7, 11) is 0. The Bertz CT molecular complexity index is 1080. The molecule has 2 aliphatic rings. The highest BCUT2D eigenvalue weighted by molar-refractivity contribution is 5.78. The number of H-pyrrole nitrogens is 4. The second-order valence-corrected chi connectivity index (χ2v) is 7.20. The van der Waals surface area contributed by atoms with Crippen LogP contribution in [0.3, 0.4) is 0 Å². The minimum Gasteiger partial charge on any atom is -0.412 e. The summed E-state index contributed by atoms with van der Waals surface area (Å²) in [5.41, 5.74) is 0.860. The quantitative estimate of drug-likeness (QED) is 0.181. The Labute approximate surface area is 211 Å². The molecule has 22 nitrogen and oxygen atoms in total. The molecule has 22 heteroatoms. The summed E-state index contributed by atoms with van der Waals surface area (Å²) < 4.78 is 9.89. The van der Waals surface area contributed by atoms with Crippen molar-refractivity contribution in [2.24, 2.45) is 0 Å². The third kappa shape index (κ3) is 6.69. The molecule has 0 amide bonds. The summed E-state index contributed by atoms with van der Waals surface area (Å²) in [6.07, 6.45) is 5.11. The van der Waals surface area contributed by atoms with Crippen LogP contribution in [0.25, 0.3) is 46.1 Å². The lowest BCUT2D eigenvalue weighted by molar-refractivity contribution is 0.198. The summed E-state index contributed by atoms with van der Waals surface area (Å²) in [6, 6.07) is 0. The summed E-state index contributed by atoms with van der Waals surface area (Å²) in [6.45, 7) is 4.00. The monoisotopic (exact) mass is 532 g/mol. The molecule has 2 saturated heterocycles. The zero-order valence-corrected chi connectivity index (χ0v) is 19.7. The van der Waals surface area contributed by atoms with E-state index in [4.69, 9.17) is 9.47 Å². The topological polar surface area (TPSA) is 325 Å². The highest BCUT2D eigenvalue weighted by atomic mass is 16.5. The van der Waals surface area contributed by atoms with E-state index in [2.05, 4.69) is 92.5 Å². The van der Waals surface area contributed by atoms with E-state index in [0.29, 0.717) is 0 Å². The molecule has 202 valence electrons. The van der Waals surface area contributed by atoms with Gasteiger partial charge in [-0.2, -0.15) is 20.9 Å². The zero-order valence-electron chi connectivity index (χ0n) is 19.7. The SMILES string of the molecule is C1CCOC1.C1CCOC1.O.O.n1nc(-c2nc(-c3nn[nH]n3)c(-c3nn[nH]n3)nc2-c2nn[nH]n2)n[nH]1. The van der Waals surface area contributed by atoms with Gasteiger partial charge in [0, 0.05) is 26.4 Å². The fourth-order valence-corrected chi connectivity index (χ4v) is 3.13. The molecule has 0 unspecified atom stereocenters. The van der Waals surface area contributed by atoms with Gasteiger partial charge in [0.1, 0.15) is 22.8 Å². The first-order chi connectivity index (χ1) is 17.9. The lowest BCUT2D eigenvalue weighted by Crippen LogP contribution is -2.04. The Morgan fingerprint density at radius 2 is 0.684 bits per heavy atom. The Morgan fingerprint density at radius 1 is 0.421 bits per heavy atom. The molecule has 38 heavy (non-hydrogen) atoms. The maximum absolute atomic E-state index is 4.94. The predicted octanol–water partition coefficient (Wildman–Crippen LogP) is -2.86. The summed E-state index contributed by atoms with van der Waals surface area (Å²) in [5.74, 6) is 0.617. The molecule has 8 N–H and O–H groups in total. The van der Waals surface area contributed by atoms with Crippen LogP contribution in [0.1, 0.15) is 25.7 Å². The van der Waals surface area contributed by atoms with Crippen molar-refractivity contribution in [2.45, 2.75) is 25.7 Å². The zero-order chi connectivity index (χ0) is 24.4. The second kappa shape index (κ2) is 14.1. The van der Waals surface area contributed by atoms with Crippen molar-refractivity contribution >= 4 is 0 Å². The van der Waals surface area contributed by atoms with Gasteiger partial charge in [-0.25, -0.2) is 9.97 Å². The van der Waals surface area contributed by atoms with E-state index in [1.165, 1.54) is 25.7 Å². The molecule has 0 aromatic carbocycles. The molecule has 0 radical (unpaired) electrons. The van der Waals surface area contributed by atoms with E-state index in [1.54, 1.807) is 0 Å². The molecule has 0 bridgehead atoms. The minimum atomic E-state index is 0. The van der Waals surface area contributed by atoms with Gasteiger partial charge in [-0.15, -0.1) is 40.8 Å². The van der Waals surface area contributed by atoms with Crippen LogP contribution in [0.2, 0.25) is 0 Å². The fourth-order valence-electron chi connectivity index (χ4n) is 3.13. The molecule has 0 saturated carbocycles. The van der Waals surface area contributed by atoms with Crippen molar-refractivity contribution in [2.75, 3.05) is 26.4 Å².